The molecule has 1 rings (SSSR count). The number of allylic oxidation sites excluding steroid dienone is 6. The van der Waals surface area contributed by atoms with E-state index in [1.165, 1.54) is 5.57 Å². The van der Waals surface area contributed by atoms with Crippen LogP contribution >= 0.6 is 11.6 Å². The van der Waals surface area contributed by atoms with Crippen LogP contribution in [0.3, 0.4) is 0 Å². The van der Waals surface area contributed by atoms with Gasteiger partial charge in [-0.25, -0.2) is 0 Å². The van der Waals surface area contributed by atoms with Crippen molar-refractivity contribution >= 4 is 11.6 Å². The molecule has 24 heavy (non-hydrogen) atoms. The molecule has 0 spiro atoms. The second kappa shape index (κ2) is 11.9. The van der Waals surface area contributed by atoms with Crippen LogP contribution < -0.4 is 5.32 Å². The third-order valence-corrected chi connectivity index (χ3v) is 4.39. The van der Waals surface area contributed by atoms with Crippen LogP contribution in [0, 0.1) is 5.92 Å². The Labute approximate surface area is 152 Å². The predicted octanol–water partition coefficient (Wildman–Crippen LogP) is 5.32. The molecule has 0 fully saturated rings. The van der Waals surface area contributed by atoms with Crippen molar-refractivity contribution in [2.45, 2.75) is 27.2 Å². The second-order valence-corrected chi connectivity index (χ2v) is 6.04. The van der Waals surface area contributed by atoms with E-state index in [4.69, 9.17) is 16.3 Å². The summed E-state index contributed by atoms with van der Waals surface area (Å²) in [6, 6.07) is 0. The summed E-state index contributed by atoms with van der Waals surface area (Å²) in [5.41, 5.74) is 3.51. The fourth-order valence-corrected chi connectivity index (χ4v) is 2.91. The molecule has 132 valence electrons. The lowest BCUT2D eigenvalue weighted by Gasteiger charge is -2.19. The van der Waals surface area contributed by atoms with E-state index in [-0.39, 0.29) is 0 Å². The Bertz CT molecular complexity index is 552. The lowest BCUT2D eigenvalue weighted by molar-refractivity contribution is 0.250. The van der Waals surface area contributed by atoms with Gasteiger partial charge in [-0.15, -0.1) is 11.6 Å². The molecule has 3 heteroatoms. The van der Waals surface area contributed by atoms with Crippen LogP contribution in [0.25, 0.3) is 0 Å². The van der Waals surface area contributed by atoms with Crippen molar-refractivity contribution in [3.05, 3.63) is 71.6 Å². The topological polar surface area (TPSA) is 21.3 Å². The number of alkyl halides is 1. The quantitative estimate of drug-likeness (QED) is 0.519. The van der Waals surface area contributed by atoms with E-state index in [0.717, 1.165) is 36.4 Å². The van der Waals surface area contributed by atoms with E-state index in [0.29, 0.717) is 18.4 Å². The van der Waals surface area contributed by atoms with Gasteiger partial charge in [0.25, 0.3) is 0 Å². The average molecular weight is 348 g/mol. The fourth-order valence-electron chi connectivity index (χ4n) is 2.69. The first kappa shape index (κ1) is 20.5. The first-order valence-corrected chi connectivity index (χ1v) is 9.09. The number of rotatable bonds is 6. The molecule has 0 radical (unpaired) electrons. The molecule has 1 N–H and O–H groups in total. The molecule has 0 aromatic heterocycles. The number of nitrogens with one attached hydrogen (secondary N) is 1. The minimum atomic E-state index is 0.398. The van der Waals surface area contributed by atoms with Gasteiger partial charge in [0.15, 0.2) is 0 Å². The van der Waals surface area contributed by atoms with Crippen LogP contribution in [-0.2, 0) is 4.74 Å². The van der Waals surface area contributed by atoms with Crippen molar-refractivity contribution in [3.8, 4) is 0 Å². The van der Waals surface area contributed by atoms with Gasteiger partial charge in [0, 0.05) is 18.0 Å². The lowest BCUT2D eigenvalue weighted by Crippen LogP contribution is -2.23. The van der Waals surface area contributed by atoms with Gasteiger partial charge >= 0.3 is 0 Å². The third-order valence-electron chi connectivity index (χ3n) is 3.96. The van der Waals surface area contributed by atoms with Crippen molar-refractivity contribution in [1.29, 1.82) is 0 Å². The molecular formula is C21H30ClNO. The Morgan fingerprint density at radius 1 is 1.42 bits per heavy atom. The Morgan fingerprint density at radius 3 is 2.79 bits per heavy atom. The monoisotopic (exact) mass is 347 g/mol. The molecule has 1 aliphatic rings. The maximum Gasteiger partial charge on any atom is 0.124 e. The molecule has 1 atom stereocenters. The van der Waals surface area contributed by atoms with Gasteiger partial charge in [-0.3, -0.25) is 0 Å². The largest absolute Gasteiger partial charge is 0.489 e. The first-order chi connectivity index (χ1) is 11.7. The van der Waals surface area contributed by atoms with Crippen LogP contribution in [0.1, 0.15) is 27.2 Å². The standard InChI is InChI=1S/C21H30ClNO/c1-5-9-17(7-3)16-24-21-11-12-23-15-18(14-22)13-19(10-6-2)20(21)8-4/h5-11,18,23H,2,12-16H2,1,3-4H3. The zero-order valence-electron chi connectivity index (χ0n) is 15.1. The Hall–Kier alpha value is -1.51. The van der Waals surface area contributed by atoms with Gasteiger partial charge in [0.2, 0.25) is 0 Å². The summed E-state index contributed by atoms with van der Waals surface area (Å²) in [4.78, 5) is 0. The molecule has 1 heterocycles. The molecule has 0 aromatic carbocycles. The van der Waals surface area contributed by atoms with Crippen LogP contribution in [0.4, 0.5) is 0 Å². The fraction of sp³-hybridized carbons (Fsp3) is 0.429. The van der Waals surface area contributed by atoms with Gasteiger partial charge in [0.1, 0.15) is 12.4 Å². The summed E-state index contributed by atoms with van der Waals surface area (Å²) in [7, 11) is 0. The molecule has 1 unspecified atom stereocenters. The number of hydrogen-bond donors (Lipinski definition) is 1. The number of ether oxygens (including phenoxy) is 1. The number of hydrogen-bond acceptors (Lipinski definition) is 2. The zero-order valence-corrected chi connectivity index (χ0v) is 15.9. The van der Waals surface area contributed by atoms with Crippen LogP contribution in [0.15, 0.2) is 71.6 Å². The van der Waals surface area contributed by atoms with Gasteiger partial charge < -0.3 is 10.1 Å². The SMILES string of the molecule is C=CC=C1CC(CCl)CNCC=C(OCC(C=CC)=CC)C1=CC. The molecule has 0 bridgehead atoms. The molecule has 1 aliphatic heterocycles. The summed E-state index contributed by atoms with van der Waals surface area (Å²) in [6.45, 7) is 12.2. The Morgan fingerprint density at radius 2 is 2.21 bits per heavy atom. The minimum Gasteiger partial charge on any atom is -0.489 e. The molecule has 0 saturated heterocycles. The molecule has 0 aliphatic carbocycles. The molecule has 0 saturated carbocycles. The zero-order chi connectivity index (χ0) is 17.8. The van der Waals surface area contributed by atoms with Crippen molar-refractivity contribution in [2.75, 3.05) is 25.6 Å². The van der Waals surface area contributed by atoms with E-state index in [9.17, 15) is 0 Å². The van der Waals surface area contributed by atoms with E-state index in [1.54, 1.807) is 0 Å². The summed E-state index contributed by atoms with van der Waals surface area (Å²) in [5, 5.41) is 3.44. The van der Waals surface area contributed by atoms with Gasteiger partial charge in [-0.2, -0.15) is 0 Å². The van der Waals surface area contributed by atoms with Crippen molar-refractivity contribution in [3.63, 3.8) is 0 Å². The predicted molar refractivity (Wildman–Crippen MR) is 106 cm³/mol. The minimum absolute atomic E-state index is 0.398. The molecule has 0 aromatic rings. The smallest absolute Gasteiger partial charge is 0.124 e. The normalized spacial score (nSPS) is 23.8. The van der Waals surface area contributed by atoms with Crippen molar-refractivity contribution in [2.24, 2.45) is 5.92 Å². The molecule has 2 nitrogen and oxygen atoms in total. The van der Waals surface area contributed by atoms with E-state index >= 15 is 0 Å². The van der Waals surface area contributed by atoms with Gasteiger partial charge in [-0.1, -0.05) is 43.0 Å². The summed E-state index contributed by atoms with van der Waals surface area (Å²) >= 11 is 6.13. The van der Waals surface area contributed by atoms with Crippen LogP contribution in [-0.4, -0.2) is 25.6 Å². The number of halogens is 1. The van der Waals surface area contributed by atoms with E-state index < -0.39 is 0 Å². The highest BCUT2D eigenvalue weighted by atomic mass is 35.5. The van der Waals surface area contributed by atoms with E-state index in [2.05, 4.69) is 42.3 Å². The highest BCUT2D eigenvalue weighted by Crippen LogP contribution is 2.28. The van der Waals surface area contributed by atoms with Gasteiger partial charge in [-0.05, 0) is 56.9 Å². The Balaban J connectivity index is 3.06. The highest BCUT2D eigenvalue weighted by molar-refractivity contribution is 6.18. The molecular weight excluding hydrogens is 318 g/mol. The maximum atomic E-state index is 6.15. The van der Waals surface area contributed by atoms with Gasteiger partial charge in [0.05, 0.1) is 0 Å². The second-order valence-electron chi connectivity index (χ2n) is 5.73. The van der Waals surface area contributed by atoms with E-state index in [1.807, 2.05) is 32.9 Å². The van der Waals surface area contributed by atoms with Crippen LogP contribution in [0.2, 0.25) is 0 Å². The Kier molecular flexibility index (Phi) is 10.2. The first-order valence-electron chi connectivity index (χ1n) is 8.56. The average Bonchev–Trinajstić information content (AvgIpc) is 2.67. The van der Waals surface area contributed by atoms with Crippen LogP contribution in [0.5, 0.6) is 0 Å². The summed E-state index contributed by atoms with van der Waals surface area (Å²) in [5.74, 6) is 1.95. The van der Waals surface area contributed by atoms with Crippen molar-refractivity contribution in [1.82, 2.24) is 5.32 Å². The summed E-state index contributed by atoms with van der Waals surface area (Å²) < 4.78 is 6.15. The summed E-state index contributed by atoms with van der Waals surface area (Å²) in [6.07, 6.45) is 15.2. The lowest BCUT2D eigenvalue weighted by atomic mass is 9.93. The highest BCUT2D eigenvalue weighted by Gasteiger charge is 2.18. The third kappa shape index (κ3) is 6.54. The molecule has 0 amide bonds. The maximum absolute atomic E-state index is 6.15. The van der Waals surface area contributed by atoms with Crippen molar-refractivity contribution < 1.29 is 4.74 Å².